The molecule has 8 nitrogen and oxygen atoms in total. The fourth-order valence-corrected chi connectivity index (χ4v) is 4.45. The van der Waals surface area contributed by atoms with Gasteiger partial charge in [0.2, 0.25) is 0 Å². The zero-order valence-electron chi connectivity index (χ0n) is 17.7. The van der Waals surface area contributed by atoms with Crippen LogP contribution in [0.1, 0.15) is 19.4 Å². The van der Waals surface area contributed by atoms with Crippen molar-refractivity contribution in [2.24, 2.45) is 5.92 Å². The molecule has 11 heteroatoms. The summed E-state index contributed by atoms with van der Waals surface area (Å²) in [5, 5.41) is 0. The van der Waals surface area contributed by atoms with Crippen LogP contribution in [0.2, 0.25) is 0 Å². The largest absolute Gasteiger partial charge is 0.417 e. The van der Waals surface area contributed by atoms with Crippen molar-refractivity contribution in [2.45, 2.75) is 38.3 Å². The molecule has 0 saturated carbocycles. The van der Waals surface area contributed by atoms with E-state index < -0.39 is 11.7 Å². The minimum absolute atomic E-state index is 0.0186. The average molecular weight is 447 g/mol. The van der Waals surface area contributed by atoms with Crippen LogP contribution in [-0.4, -0.2) is 57.2 Å². The van der Waals surface area contributed by atoms with Gasteiger partial charge in [0, 0.05) is 44.0 Å². The van der Waals surface area contributed by atoms with E-state index in [4.69, 9.17) is 4.74 Å². The molecule has 2 aliphatic rings. The molecule has 2 aliphatic heterocycles. The number of anilines is 1. The molecule has 2 N–H and O–H groups in total. The predicted molar refractivity (Wildman–Crippen MR) is 112 cm³/mol. The van der Waals surface area contributed by atoms with Gasteiger partial charge in [0.05, 0.1) is 24.0 Å². The summed E-state index contributed by atoms with van der Waals surface area (Å²) in [6.07, 6.45) is -0.247. The van der Waals surface area contributed by atoms with Crippen LogP contribution in [0.5, 0.6) is 0 Å². The monoisotopic (exact) mass is 447 g/mol. The van der Waals surface area contributed by atoms with Crippen LogP contribution >= 0.6 is 0 Å². The lowest BCUT2D eigenvalue weighted by Crippen LogP contribution is -2.52. The lowest BCUT2D eigenvalue weighted by atomic mass is 9.95. The normalized spacial score (nSPS) is 26.7. The molecule has 5 heterocycles. The maximum absolute atomic E-state index is 13.2. The highest BCUT2D eigenvalue weighted by Gasteiger charge is 2.37. The van der Waals surface area contributed by atoms with Crippen LogP contribution in [0.15, 0.2) is 36.8 Å². The van der Waals surface area contributed by atoms with Crippen molar-refractivity contribution < 1.29 is 17.9 Å². The Morgan fingerprint density at radius 2 is 1.97 bits per heavy atom. The number of alkyl halides is 3. The third kappa shape index (κ3) is 3.91. The number of halogens is 3. The second-order valence-electron chi connectivity index (χ2n) is 8.39. The number of ether oxygens (including phenoxy) is 1. The van der Waals surface area contributed by atoms with Crippen molar-refractivity contribution >= 4 is 11.5 Å². The summed E-state index contributed by atoms with van der Waals surface area (Å²) in [4.78, 5) is 15.4. The molecule has 5 rings (SSSR count). The molecule has 0 aliphatic carbocycles. The lowest BCUT2D eigenvalue weighted by Gasteiger charge is -2.40. The van der Waals surface area contributed by atoms with E-state index >= 15 is 0 Å². The third-order valence-corrected chi connectivity index (χ3v) is 6.10. The lowest BCUT2D eigenvalue weighted by molar-refractivity contribution is -0.137. The Kier molecular flexibility index (Phi) is 5.26. The van der Waals surface area contributed by atoms with Crippen LogP contribution in [0.25, 0.3) is 17.2 Å². The number of imidazole rings is 1. The molecule has 170 valence electrons. The highest BCUT2D eigenvalue weighted by Crippen LogP contribution is 2.31. The fourth-order valence-electron chi connectivity index (χ4n) is 4.45. The molecule has 0 spiro atoms. The number of hydrogen-bond donors (Lipinski definition) is 2. The number of rotatable bonds is 3. The second kappa shape index (κ2) is 7.98. The molecule has 0 radical (unpaired) electrons. The summed E-state index contributed by atoms with van der Waals surface area (Å²) in [6.45, 7) is 6.32. The molecule has 32 heavy (non-hydrogen) atoms. The number of aromatic nitrogens is 4. The van der Waals surface area contributed by atoms with Gasteiger partial charge in [-0.1, -0.05) is 0 Å². The van der Waals surface area contributed by atoms with Gasteiger partial charge in [-0.15, -0.1) is 0 Å². The number of nitrogens with one attached hydrogen (secondary N) is 2. The number of fused-ring (bicyclic) bond motifs is 1. The average Bonchev–Trinajstić information content (AvgIpc) is 3.38. The summed E-state index contributed by atoms with van der Waals surface area (Å²) in [6, 6.07) is 4.47. The van der Waals surface area contributed by atoms with Gasteiger partial charge in [-0.25, -0.2) is 15.0 Å². The van der Waals surface area contributed by atoms with Crippen molar-refractivity contribution in [3.63, 3.8) is 0 Å². The summed E-state index contributed by atoms with van der Waals surface area (Å²) in [7, 11) is 0. The summed E-state index contributed by atoms with van der Waals surface area (Å²) in [5.74, 6) is 1.35. The van der Waals surface area contributed by atoms with Gasteiger partial charge in [-0.2, -0.15) is 13.2 Å². The molecule has 4 atom stereocenters. The van der Waals surface area contributed by atoms with Gasteiger partial charge in [0.1, 0.15) is 17.2 Å². The smallest absolute Gasteiger partial charge is 0.371 e. The zero-order valence-corrected chi connectivity index (χ0v) is 17.7. The minimum Gasteiger partial charge on any atom is -0.371 e. The molecule has 0 aromatic carbocycles. The highest BCUT2D eigenvalue weighted by atomic mass is 19.4. The standard InChI is InChI=1S/C21H24F3N7O/c1-12-9-30(11-17(32-12)15-7-27-29-13(15)2)19-5-6-25-20(28-19)16-8-26-18-4-3-14(10-31(16)18)21(22,23)24/h3-6,8,10,12-13,15,17,27,29H,7,9,11H2,1-2H3. The summed E-state index contributed by atoms with van der Waals surface area (Å²) in [5.41, 5.74) is 6.47. The van der Waals surface area contributed by atoms with Gasteiger partial charge in [-0.3, -0.25) is 15.3 Å². The van der Waals surface area contributed by atoms with E-state index in [0.717, 1.165) is 18.8 Å². The van der Waals surface area contributed by atoms with E-state index in [0.29, 0.717) is 42.0 Å². The van der Waals surface area contributed by atoms with Gasteiger partial charge in [0.25, 0.3) is 0 Å². The van der Waals surface area contributed by atoms with E-state index in [2.05, 4.69) is 37.6 Å². The Balaban J connectivity index is 1.46. The molecule has 2 saturated heterocycles. The Morgan fingerprint density at radius 1 is 1.12 bits per heavy atom. The van der Waals surface area contributed by atoms with Crippen molar-refractivity contribution in [2.75, 3.05) is 24.5 Å². The van der Waals surface area contributed by atoms with Crippen molar-refractivity contribution in [3.8, 4) is 11.5 Å². The molecular formula is C21H24F3N7O. The second-order valence-corrected chi connectivity index (χ2v) is 8.39. The number of hydrogen-bond acceptors (Lipinski definition) is 7. The van der Waals surface area contributed by atoms with Gasteiger partial charge in [-0.05, 0) is 32.0 Å². The van der Waals surface area contributed by atoms with E-state index in [9.17, 15) is 13.2 Å². The molecule has 2 fully saturated rings. The SMILES string of the molecule is CC1CN(c2ccnc(-c3cnc4ccc(C(F)(F)F)cn34)n2)CC(C2CNNC2C)O1. The number of pyridine rings is 1. The molecular weight excluding hydrogens is 423 g/mol. The molecule has 4 unspecified atom stereocenters. The number of hydrazine groups is 1. The third-order valence-electron chi connectivity index (χ3n) is 6.10. The Labute approximate surface area is 182 Å². The fraction of sp³-hybridized carbons (Fsp3) is 0.476. The first-order chi connectivity index (χ1) is 15.3. The van der Waals surface area contributed by atoms with E-state index in [1.54, 1.807) is 6.20 Å². The van der Waals surface area contributed by atoms with Crippen LogP contribution in [-0.2, 0) is 10.9 Å². The van der Waals surface area contributed by atoms with E-state index in [-0.39, 0.29) is 18.2 Å². The minimum atomic E-state index is -4.45. The first-order valence-corrected chi connectivity index (χ1v) is 10.6. The van der Waals surface area contributed by atoms with Crippen molar-refractivity contribution in [3.05, 3.63) is 42.4 Å². The predicted octanol–water partition coefficient (Wildman–Crippen LogP) is 2.52. The number of morpholine rings is 1. The van der Waals surface area contributed by atoms with Gasteiger partial charge < -0.3 is 9.64 Å². The van der Waals surface area contributed by atoms with Gasteiger partial charge in [0.15, 0.2) is 5.82 Å². The first kappa shape index (κ1) is 21.1. The zero-order chi connectivity index (χ0) is 22.5. The van der Waals surface area contributed by atoms with Crippen LogP contribution in [0.3, 0.4) is 0 Å². The topological polar surface area (TPSA) is 79.6 Å². The summed E-state index contributed by atoms with van der Waals surface area (Å²) >= 11 is 0. The number of nitrogens with zero attached hydrogens (tertiary/aromatic N) is 5. The van der Waals surface area contributed by atoms with Crippen LogP contribution in [0.4, 0.5) is 19.0 Å². The molecule has 3 aromatic heterocycles. The maximum Gasteiger partial charge on any atom is 0.417 e. The van der Waals surface area contributed by atoms with Crippen molar-refractivity contribution in [1.82, 2.24) is 30.2 Å². The Bertz CT molecular complexity index is 1120. The molecule has 0 bridgehead atoms. The molecule has 0 amide bonds. The first-order valence-electron chi connectivity index (χ1n) is 10.6. The van der Waals surface area contributed by atoms with Gasteiger partial charge >= 0.3 is 6.18 Å². The maximum atomic E-state index is 13.2. The summed E-state index contributed by atoms with van der Waals surface area (Å²) < 4.78 is 47.2. The quantitative estimate of drug-likeness (QED) is 0.639. The highest BCUT2D eigenvalue weighted by molar-refractivity contribution is 5.59. The van der Waals surface area contributed by atoms with Crippen molar-refractivity contribution in [1.29, 1.82) is 0 Å². The van der Waals surface area contributed by atoms with Crippen LogP contribution in [0, 0.1) is 5.92 Å². The van der Waals surface area contributed by atoms with E-state index in [1.807, 2.05) is 13.0 Å². The van der Waals surface area contributed by atoms with E-state index in [1.165, 1.54) is 16.7 Å². The van der Waals surface area contributed by atoms with Crippen LogP contribution < -0.4 is 15.8 Å². The molecule has 3 aromatic rings. The Morgan fingerprint density at radius 3 is 2.72 bits per heavy atom. The Hall–Kier alpha value is -2.76.